The molecule has 0 N–H and O–H groups in total. The maximum Gasteiger partial charge on any atom is 0.200 e. The Morgan fingerprint density at radius 1 is 1.27 bits per heavy atom. The van der Waals surface area contributed by atoms with Gasteiger partial charge in [0.25, 0.3) is 0 Å². The zero-order chi connectivity index (χ0) is 15.4. The number of carbonyl (C=O) groups is 1. The summed E-state index contributed by atoms with van der Waals surface area (Å²) in [5.74, 6) is 1.39. The van der Waals surface area contributed by atoms with Crippen LogP contribution in [0.2, 0.25) is 0 Å². The zero-order valence-electron chi connectivity index (χ0n) is 13.0. The highest BCUT2D eigenvalue weighted by Crippen LogP contribution is 2.34. The molecule has 1 aliphatic carbocycles. The number of imidazole rings is 1. The molecule has 0 spiro atoms. The highest BCUT2D eigenvalue weighted by molar-refractivity contribution is 6.07. The van der Waals surface area contributed by atoms with Crippen molar-refractivity contribution in [3.63, 3.8) is 0 Å². The van der Waals surface area contributed by atoms with Crippen LogP contribution in [0.1, 0.15) is 48.9 Å². The van der Waals surface area contributed by atoms with E-state index in [9.17, 15) is 4.79 Å². The van der Waals surface area contributed by atoms with Crippen molar-refractivity contribution in [1.29, 1.82) is 0 Å². The number of Topliss-reactive ketones (excluding diaryl/α,β-unsaturated/α-hetero) is 1. The van der Waals surface area contributed by atoms with Crippen molar-refractivity contribution in [2.75, 3.05) is 0 Å². The van der Waals surface area contributed by atoms with Gasteiger partial charge in [0.2, 0.25) is 5.65 Å². The number of aryl methyl sites for hydroxylation is 1. The maximum absolute atomic E-state index is 12.4. The SMILES string of the molecule is Cc1nc2nnc3ccc(C(=O)C4CC4)cc3c2n1C(C)C. The molecule has 1 fully saturated rings. The lowest BCUT2D eigenvalue weighted by Gasteiger charge is -2.12. The Kier molecular flexibility index (Phi) is 2.79. The van der Waals surface area contributed by atoms with E-state index in [0.717, 1.165) is 40.6 Å². The molecule has 0 unspecified atom stereocenters. The third-order valence-electron chi connectivity index (χ3n) is 4.32. The van der Waals surface area contributed by atoms with Gasteiger partial charge in [-0.05, 0) is 51.8 Å². The zero-order valence-corrected chi connectivity index (χ0v) is 13.0. The first-order chi connectivity index (χ1) is 10.6. The van der Waals surface area contributed by atoms with Gasteiger partial charge in [0, 0.05) is 22.9 Å². The summed E-state index contributed by atoms with van der Waals surface area (Å²) in [4.78, 5) is 16.9. The van der Waals surface area contributed by atoms with Crippen molar-refractivity contribution in [3.05, 3.63) is 29.6 Å². The largest absolute Gasteiger partial charge is 0.324 e. The van der Waals surface area contributed by atoms with Gasteiger partial charge in [0.1, 0.15) is 5.82 Å². The van der Waals surface area contributed by atoms with Gasteiger partial charge in [-0.3, -0.25) is 4.79 Å². The first-order valence-electron chi connectivity index (χ1n) is 7.75. The van der Waals surface area contributed by atoms with Crippen molar-refractivity contribution < 1.29 is 4.79 Å². The number of fused-ring (bicyclic) bond motifs is 3. The van der Waals surface area contributed by atoms with E-state index < -0.39 is 0 Å². The van der Waals surface area contributed by atoms with Crippen molar-refractivity contribution in [1.82, 2.24) is 19.7 Å². The van der Waals surface area contributed by atoms with E-state index >= 15 is 0 Å². The first kappa shape index (κ1) is 13.4. The number of ketones is 1. The number of hydrogen-bond donors (Lipinski definition) is 0. The fourth-order valence-electron chi connectivity index (χ4n) is 3.13. The molecule has 2 aromatic heterocycles. The molecule has 1 aliphatic rings. The first-order valence-corrected chi connectivity index (χ1v) is 7.75. The van der Waals surface area contributed by atoms with Gasteiger partial charge < -0.3 is 4.57 Å². The molecular weight excluding hydrogens is 276 g/mol. The quantitative estimate of drug-likeness (QED) is 0.694. The fraction of sp³-hybridized carbons (Fsp3) is 0.412. The van der Waals surface area contributed by atoms with Crippen molar-refractivity contribution >= 4 is 27.9 Å². The standard InChI is InChI=1S/C17H18N4O/c1-9(2)21-10(3)18-17-15(21)13-8-12(16(22)11-4-5-11)6-7-14(13)19-20-17/h6-9,11H,4-5H2,1-3H3. The van der Waals surface area contributed by atoms with Crippen LogP contribution in [0.25, 0.3) is 22.1 Å². The van der Waals surface area contributed by atoms with Gasteiger partial charge >= 0.3 is 0 Å². The molecule has 22 heavy (non-hydrogen) atoms. The van der Waals surface area contributed by atoms with E-state index in [0.29, 0.717) is 5.65 Å². The number of carbonyl (C=O) groups excluding carboxylic acids is 1. The predicted octanol–water partition coefficient (Wildman–Crippen LogP) is 3.46. The van der Waals surface area contributed by atoms with E-state index in [1.54, 1.807) is 0 Å². The molecule has 0 atom stereocenters. The second-order valence-electron chi connectivity index (χ2n) is 6.37. The lowest BCUT2D eigenvalue weighted by atomic mass is 10.0. The molecule has 0 radical (unpaired) electrons. The molecule has 5 nitrogen and oxygen atoms in total. The van der Waals surface area contributed by atoms with E-state index in [4.69, 9.17) is 0 Å². The molecule has 1 aromatic carbocycles. The summed E-state index contributed by atoms with van der Waals surface area (Å²) in [5, 5.41) is 9.44. The third kappa shape index (κ3) is 1.92. The third-order valence-corrected chi connectivity index (χ3v) is 4.32. The van der Waals surface area contributed by atoms with Crippen LogP contribution in [0.15, 0.2) is 18.2 Å². The van der Waals surface area contributed by atoms with Crippen LogP contribution in [0.5, 0.6) is 0 Å². The molecule has 0 saturated heterocycles. The van der Waals surface area contributed by atoms with Crippen LogP contribution < -0.4 is 0 Å². The second-order valence-corrected chi connectivity index (χ2v) is 6.37. The summed E-state index contributed by atoms with van der Waals surface area (Å²) in [5.41, 5.74) is 3.21. The molecule has 112 valence electrons. The summed E-state index contributed by atoms with van der Waals surface area (Å²) in [6.07, 6.45) is 2.04. The smallest absolute Gasteiger partial charge is 0.200 e. The summed E-state index contributed by atoms with van der Waals surface area (Å²) in [6.45, 7) is 6.23. The number of nitrogens with zero attached hydrogens (tertiary/aromatic N) is 4. The number of rotatable bonds is 3. The Morgan fingerprint density at radius 2 is 2.05 bits per heavy atom. The molecule has 0 aliphatic heterocycles. The summed E-state index contributed by atoms with van der Waals surface area (Å²) >= 11 is 0. The Labute approximate surface area is 128 Å². The van der Waals surface area contributed by atoms with Gasteiger partial charge in [-0.1, -0.05) is 0 Å². The van der Waals surface area contributed by atoms with Crippen molar-refractivity contribution in [2.24, 2.45) is 5.92 Å². The molecule has 0 bridgehead atoms. The van der Waals surface area contributed by atoms with Crippen LogP contribution in [0.3, 0.4) is 0 Å². The Balaban J connectivity index is 2.03. The number of hydrogen-bond acceptors (Lipinski definition) is 4. The minimum absolute atomic E-state index is 0.222. The van der Waals surface area contributed by atoms with Gasteiger partial charge in [-0.15, -0.1) is 10.2 Å². The van der Waals surface area contributed by atoms with Crippen LogP contribution in [-0.4, -0.2) is 25.5 Å². The van der Waals surface area contributed by atoms with E-state index in [1.807, 2.05) is 25.1 Å². The predicted molar refractivity (Wildman–Crippen MR) is 85.0 cm³/mol. The van der Waals surface area contributed by atoms with Crippen LogP contribution in [0.4, 0.5) is 0 Å². The summed E-state index contributed by atoms with van der Waals surface area (Å²) < 4.78 is 2.16. The van der Waals surface area contributed by atoms with Crippen molar-refractivity contribution in [3.8, 4) is 0 Å². The van der Waals surface area contributed by atoms with Crippen LogP contribution in [-0.2, 0) is 0 Å². The summed E-state index contributed by atoms with van der Waals surface area (Å²) in [7, 11) is 0. The highest BCUT2D eigenvalue weighted by Gasteiger charge is 2.30. The normalized spacial score (nSPS) is 15.1. The lowest BCUT2D eigenvalue weighted by molar-refractivity contribution is 0.0968. The second kappa shape index (κ2) is 4.60. The molecule has 0 amide bonds. The number of aromatic nitrogens is 4. The Hall–Kier alpha value is -2.30. The average molecular weight is 294 g/mol. The van der Waals surface area contributed by atoms with Gasteiger partial charge in [-0.2, -0.15) is 0 Å². The average Bonchev–Trinajstić information content (AvgIpc) is 3.27. The fourth-order valence-corrected chi connectivity index (χ4v) is 3.13. The Morgan fingerprint density at radius 3 is 2.73 bits per heavy atom. The van der Waals surface area contributed by atoms with E-state index in [1.165, 1.54) is 0 Å². The summed E-state index contributed by atoms with van der Waals surface area (Å²) in [6, 6.07) is 6.00. The van der Waals surface area contributed by atoms with Crippen LogP contribution >= 0.6 is 0 Å². The van der Waals surface area contributed by atoms with Gasteiger partial charge in [-0.25, -0.2) is 4.98 Å². The topological polar surface area (TPSA) is 60.7 Å². The van der Waals surface area contributed by atoms with Crippen molar-refractivity contribution in [2.45, 2.75) is 39.7 Å². The number of benzene rings is 1. The molecule has 2 heterocycles. The van der Waals surface area contributed by atoms with Gasteiger partial charge in [0.05, 0.1) is 11.0 Å². The molecule has 1 saturated carbocycles. The minimum Gasteiger partial charge on any atom is -0.324 e. The monoisotopic (exact) mass is 294 g/mol. The maximum atomic E-state index is 12.4. The van der Waals surface area contributed by atoms with E-state index in [2.05, 4.69) is 33.6 Å². The van der Waals surface area contributed by atoms with E-state index in [-0.39, 0.29) is 17.7 Å². The molecule has 5 heteroatoms. The molecule has 4 rings (SSSR count). The highest BCUT2D eigenvalue weighted by atomic mass is 16.1. The van der Waals surface area contributed by atoms with Crippen LogP contribution in [0, 0.1) is 12.8 Å². The molecule has 3 aromatic rings. The Bertz CT molecular complexity index is 906. The molecular formula is C17H18N4O. The lowest BCUT2D eigenvalue weighted by Crippen LogP contribution is -2.05. The van der Waals surface area contributed by atoms with Gasteiger partial charge in [0.15, 0.2) is 5.78 Å². The minimum atomic E-state index is 0.222.